The van der Waals surface area contributed by atoms with Crippen molar-refractivity contribution in [2.24, 2.45) is 0 Å². The van der Waals surface area contributed by atoms with Crippen LogP contribution < -0.4 is 5.32 Å². The van der Waals surface area contributed by atoms with E-state index in [9.17, 15) is 9.59 Å². The van der Waals surface area contributed by atoms with Crippen molar-refractivity contribution in [3.8, 4) is 11.5 Å². The molecule has 1 amide bonds. The molecule has 1 N–H and O–H groups in total. The zero-order valence-corrected chi connectivity index (χ0v) is 18.5. The number of benzene rings is 3. The van der Waals surface area contributed by atoms with E-state index in [1.54, 1.807) is 49.4 Å². The number of amides is 1. The minimum Gasteiger partial charge on any atom is -0.449 e. The molecule has 0 aliphatic heterocycles. The number of oxazole rings is 1. The summed E-state index contributed by atoms with van der Waals surface area (Å²) in [6, 6.07) is 18.8. The number of nitrogens with one attached hydrogen (secondary N) is 1. The quantitative estimate of drug-likeness (QED) is 0.332. The molecule has 1 aromatic heterocycles. The van der Waals surface area contributed by atoms with E-state index in [0.29, 0.717) is 38.3 Å². The highest BCUT2D eigenvalue weighted by molar-refractivity contribution is 6.35. The minimum absolute atomic E-state index is 0.242. The summed E-state index contributed by atoms with van der Waals surface area (Å²) in [6.45, 7) is 1.74. The van der Waals surface area contributed by atoms with Gasteiger partial charge < -0.3 is 14.5 Å². The summed E-state index contributed by atoms with van der Waals surface area (Å²) in [4.78, 5) is 30.2. The molecular weight excluding hydrogens is 451 g/mol. The van der Waals surface area contributed by atoms with E-state index in [1.807, 2.05) is 18.2 Å². The largest absolute Gasteiger partial charge is 0.449 e. The van der Waals surface area contributed by atoms with Crippen LogP contribution >= 0.6 is 23.2 Å². The zero-order chi connectivity index (χ0) is 22.7. The van der Waals surface area contributed by atoms with Crippen LogP contribution in [0, 0.1) is 0 Å². The average Bonchev–Trinajstić information content (AvgIpc) is 3.24. The fraction of sp³-hybridized carbons (Fsp3) is 0.125. The molecule has 8 heteroatoms. The third-order valence-corrected chi connectivity index (χ3v) is 5.33. The van der Waals surface area contributed by atoms with Crippen LogP contribution in [-0.2, 0) is 9.53 Å². The predicted molar refractivity (Wildman–Crippen MR) is 124 cm³/mol. The molecule has 1 unspecified atom stereocenters. The number of hydrogen-bond acceptors (Lipinski definition) is 5. The van der Waals surface area contributed by atoms with E-state index in [2.05, 4.69) is 10.3 Å². The standard InChI is InChI=1S/C24H18Cl2N2O4/c1-2-20(22(29)27-19-13-14(25)11-12-17(19)26)32-24(30)16-8-4-3-7-15(16)23-28-18-9-5-6-10-21(18)31-23/h3-13,20H,2H2,1H3,(H,27,29). The zero-order valence-electron chi connectivity index (χ0n) is 17.0. The van der Waals surface area contributed by atoms with Crippen LogP contribution in [0.3, 0.4) is 0 Å². The number of rotatable bonds is 6. The smallest absolute Gasteiger partial charge is 0.339 e. The Kier molecular flexibility index (Phi) is 6.44. The fourth-order valence-electron chi connectivity index (χ4n) is 3.16. The Labute approximate surface area is 194 Å². The normalized spacial score (nSPS) is 11.8. The maximum atomic E-state index is 13.0. The van der Waals surface area contributed by atoms with Crippen LogP contribution in [0.5, 0.6) is 0 Å². The summed E-state index contributed by atoms with van der Waals surface area (Å²) in [7, 11) is 0. The number of nitrogens with zero attached hydrogens (tertiary/aromatic N) is 1. The van der Waals surface area contributed by atoms with Gasteiger partial charge in [0.1, 0.15) is 5.52 Å². The molecule has 0 saturated carbocycles. The first-order valence-electron chi connectivity index (χ1n) is 9.88. The second-order valence-corrected chi connectivity index (χ2v) is 7.79. The molecule has 0 saturated heterocycles. The maximum absolute atomic E-state index is 13.0. The van der Waals surface area contributed by atoms with Crippen molar-refractivity contribution in [2.75, 3.05) is 5.32 Å². The maximum Gasteiger partial charge on any atom is 0.339 e. The summed E-state index contributed by atoms with van der Waals surface area (Å²) in [6.07, 6.45) is -0.768. The highest BCUT2D eigenvalue weighted by Gasteiger charge is 2.25. The average molecular weight is 469 g/mol. The molecule has 162 valence electrons. The van der Waals surface area contributed by atoms with Gasteiger partial charge in [-0.05, 0) is 48.9 Å². The third kappa shape index (κ3) is 4.61. The van der Waals surface area contributed by atoms with Gasteiger partial charge >= 0.3 is 5.97 Å². The number of carbonyl (C=O) groups excluding carboxylic acids is 2. The molecule has 32 heavy (non-hydrogen) atoms. The second-order valence-electron chi connectivity index (χ2n) is 6.95. The highest BCUT2D eigenvalue weighted by atomic mass is 35.5. The van der Waals surface area contributed by atoms with Crippen LogP contribution in [0.25, 0.3) is 22.6 Å². The Balaban J connectivity index is 1.56. The number of ether oxygens (including phenoxy) is 1. The third-order valence-electron chi connectivity index (χ3n) is 4.77. The molecule has 0 aliphatic rings. The number of carbonyl (C=O) groups is 2. The number of para-hydroxylation sites is 2. The Morgan fingerprint density at radius 2 is 1.81 bits per heavy atom. The lowest BCUT2D eigenvalue weighted by molar-refractivity contribution is -0.124. The summed E-state index contributed by atoms with van der Waals surface area (Å²) in [5.74, 6) is -0.881. The molecular formula is C24H18Cl2N2O4. The number of esters is 1. The van der Waals surface area contributed by atoms with Crippen molar-refractivity contribution in [1.82, 2.24) is 4.98 Å². The molecule has 0 radical (unpaired) electrons. The van der Waals surface area contributed by atoms with E-state index >= 15 is 0 Å². The lowest BCUT2D eigenvalue weighted by Crippen LogP contribution is -2.32. The van der Waals surface area contributed by atoms with Crippen molar-refractivity contribution in [2.45, 2.75) is 19.4 Å². The van der Waals surface area contributed by atoms with E-state index in [-0.39, 0.29) is 12.0 Å². The number of anilines is 1. The molecule has 0 fully saturated rings. The van der Waals surface area contributed by atoms with Gasteiger partial charge in [-0.3, -0.25) is 4.79 Å². The first kappa shape index (κ1) is 21.9. The van der Waals surface area contributed by atoms with E-state index in [1.165, 1.54) is 6.07 Å². The number of aromatic nitrogens is 1. The van der Waals surface area contributed by atoms with Crippen LogP contribution in [0.1, 0.15) is 23.7 Å². The van der Waals surface area contributed by atoms with Gasteiger partial charge in [0.25, 0.3) is 5.91 Å². The Bertz CT molecular complexity index is 1270. The van der Waals surface area contributed by atoms with Crippen LogP contribution in [0.15, 0.2) is 71.1 Å². The molecule has 6 nitrogen and oxygen atoms in total. The van der Waals surface area contributed by atoms with Crippen molar-refractivity contribution in [3.05, 3.63) is 82.3 Å². The molecule has 4 rings (SSSR count). The van der Waals surface area contributed by atoms with Crippen LogP contribution in [0.4, 0.5) is 5.69 Å². The summed E-state index contributed by atoms with van der Waals surface area (Å²) in [5.41, 5.74) is 2.34. The molecule has 4 aromatic rings. The highest BCUT2D eigenvalue weighted by Crippen LogP contribution is 2.28. The van der Waals surface area contributed by atoms with Crippen molar-refractivity contribution >= 4 is 51.9 Å². The van der Waals surface area contributed by atoms with Crippen molar-refractivity contribution in [3.63, 3.8) is 0 Å². The van der Waals surface area contributed by atoms with Gasteiger partial charge in [0.05, 0.1) is 21.8 Å². The van der Waals surface area contributed by atoms with Gasteiger partial charge in [-0.15, -0.1) is 0 Å². The fourth-order valence-corrected chi connectivity index (χ4v) is 3.49. The van der Waals surface area contributed by atoms with Gasteiger partial charge in [-0.25, -0.2) is 9.78 Å². The van der Waals surface area contributed by atoms with E-state index in [4.69, 9.17) is 32.4 Å². The van der Waals surface area contributed by atoms with Crippen molar-refractivity contribution < 1.29 is 18.7 Å². The van der Waals surface area contributed by atoms with E-state index < -0.39 is 18.0 Å². The van der Waals surface area contributed by atoms with Gasteiger partial charge in [-0.2, -0.15) is 0 Å². The SMILES string of the molecule is CCC(OC(=O)c1ccccc1-c1nc2ccccc2o1)C(=O)Nc1cc(Cl)ccc1Cl. The Morgan fingerprint density at radius 3 is 2.59 bits per heavy atom. The summed E-state index contributed by atoms with van der Waals surface area (Å²) >= 11 is 12.1. The molecule has 3 aromatic carbocycles. The number of hydrogen-bond donors (Lipinski definition) is 1. The van der Waals surface area contributed by atoms with Gasteiger partial charge in [0, 0.05) is 5.02 Å². The lowest BCUT2D eigenvalue weighted by Gasteiger charge is -2.17. The molecule has 0 spiro atoms. The monoisotopic (exact) mass is 468 g/mol. The van der Waals surface area contributed by atoms with Crippen LogP contribution in [-0.4, -0.2) is 23.0 Å². The molecule has 1 heterocycles. The van der Waals surface area contributed by atoms with Gasteiger partial charge in [0.15, 0.2) is 11.7 Å². The molecule has 0 aliphatic carbocycles. The first-order chi connectivity index (χ1) is 15.5. The molecule has 0 bridgehead atoms. The second kappa shape index (κ2) is 9.42. The summed E-state index contributed by atoms with van der Waals surface area (Å²) in [5, 5.41) is 3.40. The number of fused-ring (bicyclic) bond motifs is 1. The Hall–Kier alpha value is -3.35. The summed E-state index contributed by atoms with van der Waals surface area (Å²) < 4.78 is 11.3. The number of halogens is 2. The minimum atomic E-state index is -1.03. The first-order valence-corrected chi connectivity index (χ1v) is 10.6. The predicted octanol–water partition coefficient (Wildman–Crippen LogP) is 6.38. The lowest BCUT2D eigenvalue weighted by atomic mass is 10.1. The molecule has 1 atom stereocenters. The van der Waals surface area contributed by atoms with Crippen LogP contribution in [0.2, 0.25) is 10.0 Å². The van der Waals surface area contributed by atoms with Gasteiger partial charge in [-0.1, -0.05) is 54.4 Å². The van der Waals surface area contributed by atoms with Gasteiger partial charge in [0.2, 0.25) is 5.89 Å². The van der Waals surface area contributed by atoms with E-state index in [0.717, 1.165) is 0 Å². The van der Waals surface area contributed by atoms with Crippen molar-refractivity contribution in [1.29, 1.82) is 0 Å². The topological polar surface area (TPSA) is 81.4 Å². The Morgan fingerprint density at radius 1 is 1.06 bits per heavy atom.